The van der Waals surface area contributed by atoms with Crippen LogP contribution in [0.4, 0.5) is 5.69 Å². The number of likely N-dealkylation sites (N-methyl/N-ethyl adjacent to an activating group) is 1. The highest BCUT2D eigenvalue weighted by Crippen LogP contribution is 2.28. The second kappa shape index (κ2) is 11.6. The zero-order valence-corrected chi connectivity index (χ0v) is 21.5. The number of carbonyl (C=O) groups excluding carboxylic acids is 2. The molecule has 3 rings (SSSR count). The van der Waals surface area contributed by atoms with Crippen molar-refractivity contribution >= 4 is 50.7 Å². The molecule has 0 radical (unpaired) electrons. The Labute approximate surface area is 215 Å². The third-order valence-electron chi connectivity index (χ3n) is 5.46. The SMILES string of the molecule is CNC(=O)[C@@H](C)N(Cc1c(Cl)cccc1Cl)C(=O)CN(c1ccccc1)S(=O)(=O)c1ccccc1. The summed E-state index contributed by atoms with van der Waals surface area (Å²) in [4.78, 5) is 27.4. The molecule has 184 valence electrons. The summed E-state index contributed by atoms with van der Waals surface area (Å²) in [5.41, 5.74) is 0.769. The van der Waals surface area contributed by atoms with E-state index >= 15 is 0 Å². The van der Waals surface area contributed by atoms with Crippen molar-refractivity contribution < 1.29 is 18.0 Å². The molecule has 0 fully saturated rings. The number of benzene rings is 3. The van der Waals surface area contributed by atoms with Crippen molar-refractivity contribution in [2.75, 3.05) is 17.9 Å². The fraction of sp³-hybridized carbons (Fsp3) is 0.200. The van der Waals surface area contributed by atoms with Crippen molar-refractivity contribution in [3.63, 3.8) is 0 Å². The van der Waals surface area contributed by atoms with Crippen LogP contribution in [0.1, 0.15) is 12.5 Å². The maximum atomic E-state index is 13.6. The predicted octanol–water partition coefficient (Wildman–Crippen LogP) is 4.35. The highest BCUT2D eigenvalue weighted by Gasteiger charge is 2.32. The van der Waals surface area contributed by atoms with Crippen LogP contribution in [0.5, 0.6) is 0 Å². The molecule has 0 aromatic heterocycles. The Morgan fingerprint density at radius 2 is 1.43 bits per heavy atom. The fourth-order valence-electron chi connectivity index (χ4n) is 3.49. The Morgan fingerprint density at radius 3 is 1.97 bits per heavy atom. The molecule has 0 aliphatic heterocycles. The number of para-hydroxylation sites is 1. The van der Waals surface area contributed by atoms with Crippen molar-refractivity contribution in [1.82, 2.24) is 10.2 Å². The molecule has 3 aromatic rings. The van der Waals surface area contributed by atoms with Gasteiger partial charge >= 0.3 is 0 Å². The molecule has 1 N–H and O–H groups in total. The molecule has 0 spiro atoms. The van der Waals surface area contributed by atoms with E-state index in [4.69, 9.17) is 23.2 Å². The van der Waals surface area contributed by atoms with Crippen LogP contribution in [0.25, 0.3) is 0 Å². The van der Waals surface area contributed by atoms with Gasteiger partial charge in [0.05, 0.1) is 10.6 Å². The van der Waals surface area contributed by atoms with Gasteiger partial charge in [0, 0.05) is 29.2 Å². The number of anilines is 1. The normalized spacial score (nSPS) is 12.0. The zero-order valence-electron chi connectivity index (χ0n) is 19.2. The van der Waals surface area contributed by atoms with Crippen molar-refractivity contribution in [2.45, 2.75) is 24.4 Å². The Balaban J connectivity index is 2.03. The Bertz CT molecular complexity index is 1270. The van der Waals surface area contributed by atoms with Crippen LogP contribution < -0.4 is 9.62 Å². The van der Waals surface area contributed by atoms with Gasteiger partial charge in [0.2, 0.25) is 11.8 Å². The van der Waals surface area contributed by atoms with Crippen molar-refractivity contribution in [3.05, 3.63) is 94.5 Å². The first-order valence-electron chi connectivity index (χ1n) is 10.7. The molecule has 0 saturated heterocycles. The molecule has 1 atom stereocenters. The molecule has 0 bridgehead atoms. The number of carbonyl (C=O) groups is 2. The van der Waals surface area contributed by atoms with Crippen LogP contribution in [-0.2, 0) is 26.2 Å². The van der Waals surface area contributed by atoms with Gasteiger partial charge in [0.1, 0.15) is 12.6 Å². The topological polar surface area (TPSA) is 86.8 Å². The van der Waals surface area contributed by atoms with E-state index in [9.17, 15) is 18.0 Å². The number of nitrogens with zero attached hydrogens (tertiary/aromatic N) is 2. The molecule has 3 aromatic carbocycles. The minimum absolute atomic E-state index is 0.0386. The van der Waals surface area contributed by atoms with E-state index in [1.165, 1.54) is 24.1 Å². The van der Waals surface area contributed by atoms with E-state index in [0.717, 1.165) is 4.31 Å². The minimum atomic E-state index is -4.09. The number of nitrogens with one attached hydrogen (secondary N) is 1. The van der Waals surface area contributed by atoms with Crippen LogP contribution in [0.15, 0.2) is 83.8 Å². The lowest BCUT2D eigenvalue weighted by Gasteiger charge is -2.32. The molecule has 7 nitrogen and oxygen atoms in total. The van der Waals surface area contributed by atoms with Gasteiger partial charge in [-0.3, -0.25) is 13.9 Å². The van der Waals surface area contributed by atoms with E-state index in [1.807, 2.05) is 0 Å². The molecule has 10 heteroatoms. The number of rotatable bonds is 9. The van der Waals surface area contributed by atoms with Gasteiger partial charge < -0.3 is 10.2 Å². The number of hydrogen-bond acceptors (Lipinski definition) is 4. The Kier molecular flexibility index (Phi) is 8.77. The molecule has 0 aliphatic carbocycles. The third kappa shape index (κ3) is 6.14. The van der Waals surface area contributed by atoms with Gasteiger partial charge in [-0.15, -0.1) is 0 Å². The molecule has 35 heavy (non-hydrogen) atoms. The smallest absolute Gasteiger partial charge is 0.264 e. The van der Waals surface area contributed by atoms with Crippen LogP contribution >= 0.6 is 23.2 Å². The lowest BCUT2D eigenvalue weighted by molar-refractivity contribution is -0.139. The number of halogens is 2. The molecule has 0 unspecified atom stereocenters. The standard InChI is InChI=1S/C25H25Cl2N3O4S/c1-18(25(32)28-2)29(16-21-22(26)14-9-15-23(21)27)24(31)17-30(19-10-5-3-6-11-19)35(33,34)20-12-7-4-8-13-20/h3-15,18H,16-17H2,1-2H3,(H,28,32)/t18-/m1/s1. The van der Waals surface area contributed by atoms with Gasteiger partial charge in [-0.25, -0.2) is 8.42 Å². The minimum Gasteiger partial charge on any atom is -0.357 e. The maximum Gasteiger partial charge on any atom is 0.264 e. The van der Waals surface area contributed by atoms with Gasteiger partial charge in [-0.05, 0) is 43.3 Å². The lowest BCUT2D eigenvalue weighted by Crippen LogP contribution is -2.50. The number of amides is 2. The molecule has 2 amide bonds. The van der Waals surface area contributed by atoms with E-state index in [0.29, 0.717) is 21.3 Å². The van der Waals surface area contributed by atoms with E-state index in [1.54, 1.807) is 73.7 Å². The average Bonchev–Trinajstić information content (AvgIpc) is 2.87. The summed E-state index contributed by atoms with van der Waals surface area (Å²) in [7, 11) is -2.63. The molecule has 0 aliphatic rings. The highest BCUT2D eigenvalue weighted by atomic mass is 35.5. The predicted molar refractivity (Wildman–Crippen MR) is 138 cm³/mol. The summed E-state index contributed by atoms with van der Waals surface area (Å²) >= 11 is 12.6. The monoisotopic (exact) mass is 533 g/mol. The van der Waals surface area contributed by atoms with E-state index in [2.05, 4.69) is 5.32 Å². The van der Waals surface area contributed by atoms with Crippen molar-refractivity contribution in [3.8, 4) is 0 Å². The van der Waals surface area contributed by atoms with Crippen LogP contribution in [0.3, 0.4) is 0 Å². The summed E-state index contributed by atoms with van der Waals surface area (Å²) < 4.78 is 28.1. The lowest BCUT2D eigenvalue weighted by atomic mass is 10.1. The maximum absolute atomic E-state index is 13.6. The average molecular weight is 534 g/mol. The first kappa shape index (κ1) is 26.5. The summed E-state index contributed by atoms with van der Waals surface area (Å²) in [6, 6.07) is 20.2. The fourth-order valence-corrected chi connectivity index (χ4v) is 5.44. The van der Waals surface area contributed by atoms with Gasteiger partial charge in [0.15, 0.2) is 0 Å². The highest BCUT2D eigenvalue weighted by molar-refractivity contribution is 7.92. The third-order valence-corrected chi connectivity index (χ3v) is 7.95. The number of sulfonamides is 1. The zero-order chi connectivity index (χ0) is 25.6. The van der Waals surface area contributed by atoms with Crippen LogP contribution in [-0.4, -0.2) is 44.8 Å². The van der Waals surface area contributed by atoms with Gasteiger partial charge in [0.25, 0.3) is 10.0 Å². The second-order valence-corrected chi connectivity index (χ2v) is 10.3. The summed E-state index contributed by atoms with van der Waals surface area (Å²) in [6.07, 6.45) is 0. The Morgan fingerprint density at radius 1 is 0.886 bits per heavy atom. The quantitative estimate of drug-likeness (QED) is 0.442. The van der Waals surface area contributed by atoms with Crippen LogP contribution in [0, 0.1) is 0 Å². The summed E-state index contributed by atoms with van der Waals surface area (Å²) in [6.45, 7) is 0.935. The molecule has 0 heterocycles. The van der Waals surface area contributed by atoms with E-state index < -0.39 is 34.4 Å². The first-order valence-corrected chi connectivity index (χ1v) is 12.9. The first-order chi connectivity index (χ1) is 16.7. The summed E-state index contributed by atoms with van der Waals surface area (Å²) in [5, 5.41) is 3.19. The van der Waals surface area contributed by atoms with Crippen molar-refractivity contribution in [1.29, 1.82) is 0 Å². The molecular weight excluding hydrogens is 509 g/mol. The van der Waals surface area contributed by atoms with Gasteiger partial charge in [-0.1, -0.05) is 65.7 Å². The Hall–Kier alpha value is -3.07. The van der Waals surface area contributed by atoms with Gasteiger partial charge in [-0.2, -0.15) is 0 Å². The van der Waals surface area contributed by atoms with Crippen molar-refractivity contribution in [2.24, 2.45) is 0 Å². The summed E-state index contributed by atoms with van der Waals surface area (Å²) in [5.74, 6) is -1.01. The molecule has 0 saturated carbocycles. The largest absolute Gasteiger partial charge is 0.357 e. The van der Waals surface area contributed by atoms with E-state index in [-0.39, 0.29) is 11.4 Å². The second-order valence-electron chi connectivity index (χ2n) is 7.67. The number of hydrogen-bond donors (Lipinski definition) is 1. The molecular formula is C25H25Cl2N3O4S. The van der Waals surface area contributed by atoms with Crippen LogP contribution in [0.2, 0.25) is 10.0 Å².